The van der Waals surface area contributed by atoms with E-state index in [1.807, 2.05) is 6.92 Å². The molecular formula is C38H32N4O8S2+2. The highest BCUT2D eigenvalue weighted by atomic mass is 32.2. The minimum absolute atomic E-state index is 0.0352. The maximum Gasteiger partial charge on any atom is 0.428 e. The van der Waals surface area contributed by atoms with Gasteiger partial charge >= 0.3 is 31.6 Å². The second-order valence-electron chi connectivity index (χ2n) is 12.8. The van der Waals surface area contributed by atoms with Crippen LogP contribution < -0.4 is 8.37 Å². The molecule has 12 nitrogen and oxygen atoms in total. The monoisotopic (exact) mass is 736 g/mol. The highest BCUT2D eigenvalue weighted by Gasteiger charge is 2.32. The molecule has 0 aliphatic rings. The predicted octanol–water partition coefficient (Wildman–Crippen LogP) is 9.26. The van der Waals surface area contributed by atoms with Crippen molar-refractivity contribution in [2.24, 2.45) is 5.92 Å². The molecule has 0 bridgehead atoms. The fourth-order valence-corrected chi connectivity index (χ4v) is 8.82. The third kappa shape index (κ3) is 6.53. The zero-order valence-electron chi connectivity index (χ0n) is 28.1. The first-order valence-corrected chi connectivity index (χ1v) is 18.8. The van der Waals surface area contributed by atoms with Gasteiger partial charge in [-0.25, -0.2) is 0 Å². The highest BCUT2D eigenvalue weighted by molar-refractivity contribution is 7.87. The van der Waals surface area contributed by atoms with Gasteiger partial charge < -0.3 is 18.6 Å². The zero-order valence-corrected chi connectivity index (χ0v) is 29.8. The molecule has 0 heterocycles. The third-order valence-corrected chi connectivity index (χ3v) is 11.5. The van der Waals surface area contributed by atoms with E-state index in [1.54, 1.807) is 48.5 Å². The highest BCUT2D eigenvalue weighted by Crippen LogP contribution is 2.42. The van der Waals surface area contributed by atoms with Crippen molar-refractivity contribution in [3.8, 4) is 23.0 Å². The van der Waals surface area contributed by atoms with Gasteiger partial charge in [0.25, 0.3) is 0 Å². The lowest BCUT2D eigenvalue weighted by Gasteiger charge is -2.33. The van der Waals surface area contributed by atoms with Gasteiger partial charge in [0.1, 0.15) is 21.3 Å². The van der Waals surface area contributed by atoms with Crippen molar-refractivity contribution in [3.05, 3.63) is 130 Å². The Bertz CT molecular complexity index is 2670. The van der Waals surface area contributed by atoms with Crippen LogP contribution in [0, 0.1) is 16.7 Å². The summed E-state index contributed by atoms with van der Waals surface area (Å²) in [6.07, 6.45) is 0.679. The molecule has 6 aromatic carbocycles. The molecule has 2 N–H and O–H groups in total. The maximum atomic E-state index is 13.5. The summed E-state index contributed by atoms with van der Waals surface area (Å²) in [7, 11) is -8.79. The van der Waals surface area contributed by atoms with Crippen molar-refractivity contribution < 1.29 is 35.4 Å². The lowest BCUT2D eigenvalue weighted by molar-refractivity contribution is 0.426. The number of hydrogen-bond donors (Lipinski definition) is 2. The second-order valence-corrected chi connectivity index (χ2v) is 15.9. The summed E-state index contributed by atoms with van der Waals surface area (Å²) in [4.78, 5) is 5.58. The van der Waals surface area contributed by atoms with Crippen LogP contribution in [0.15, 0.2) is 119 Å². The zero-order chi connectivity index (χ0) is 37.4. The van der Waals surface area contributed by atoms with E-state index in [0.29, 0.717) is 6.42 Å². The first-order valence-electron chi connectivity index (χ1n) is 16.0. The van der Waals surface area contributed by atoms with Crippen LogP contribution in [0.25, 0.3) is 31.5 Å². The number of benzene rings is 6. The van der Waals surface area contributed by atoms with E-state index >= 15 is 0 Å². The summed E-state index contributed by atoms with van der Waals surface area (Å²) < 4.78 is 64.7. The number of rotatable bonds is 10. The Labute approximate surface area is 300 Å². The van der Waals surface area contributed by atoms with Crippen molar-refractivity contribution in [2.45, 2.75) is 42.4 Å². The molecule has 52 heavy (non-hydrogen) atoms. The molecule has 262 valence electrons. The summed E-state index contributed by atoms with van der Waals surface area (Å²) >= 11 is 0. The Morgan fingerprint density at radius 3 is 1.60 bits per heavy atom. The van der Waals surface area contributed by atoms with Gasteiger partial charge in [-0.05, 0) is 59.9 Å². The standard InChI is InChI=1S/C38H30N4O8S2/c1-23(2)22-38(3,24-11-15-26(16-12-24)49-51(45,46)34-10-6-9-31-29(34)19-20-32(41-39)36(31)43)25-13-17-27(18-14-25)50-52(47,48)35-21-33(42-40)37(44)30-8-5-4-7-28(30)35/h4-21,23H,22H2,1-3H3/p+2. The number of phenolic OH excluding ortho intramolecular Hbond substituents is 2. The smallest absolute Gasteiger partial charge is 0.428 e. The fourth-order valence-electron chi connectivity index (χ4n) is 6.51. The third-order valence-electron chi connectivity index (χ3n) is 8.90. The van der Waals surface area contributed by atoms with E-state index < -0.39 is 25.7 Å². The molecule has 6 aromatic rings. The molecule has 0 amide bonds. The summed E-state index contributed by atoms with van der Waals surface area (Å²) in [5, 5.41) is 40.1. The molecule has 0 spiro atoms. The average Bonchev–Trinajstić information content (AvgIpc) is 3.11. The van der Waals surface area contributed by atoms with Crippen molar-refractivity contribution in [3.63, 3.8) is 0 Å². The molecule has 0 saturated carbocycles. The van der Waals surface area contributed by atoms with Crippen LogP contribution in [0.1, 0.15) is 38.3 Å². The molecule has 0 aliphatic heterocycles. The normalized spacial score (nSPS) is 13.0. The van der Waals surface area contributed by atoms with Crippen molar-refractivity contribution in [1.82, 2.24) is 0 Å². The number of phenols is 2. The van der Waals surface area contributed by atoms with Gasteiger partial charge in [-0.1, -0.05) is 81.4 Å². The molecule has 6 rings (SSSR count). The van der Waals surface area contributed by atoms with E-state index in [2.05, 4.69) is 23.8 Å². The number of diazo groups is 2. The van der Waals surface area contributed by atoms with Gasteiger partial charge in [-0.3, -0.25) is 0 Å². The number of nitrogens with zero attached hydrogens (tertiary/aromatic N) is 4. The van der Waals surface area contributed by atoms with E-state index in [0.717, 1.165) is 17.2 Å². The van der Waals surface area contributed by atoms with Gasteiger partial charge in [-0.2, -0.15) is 16.8 Å². The average molecular weight is 737 g/mol. The van der Waals surface area contributed by atoms with Crippen molar-refractivity contribution >= 4 is 53.2 Å². The summed E-state index contributed by atoms with van der Waals surface area (Å²) in [5.41, 5.74) is 0.659. The van der Waals surface area contributed by atoms with Crippen LogP contribution in [-0.4, -0.2) is 27.0 Å². The molecule has 0 aliphatic carbocycles. The summed E-state index contributed by atoms with van der Waals surface area (Å²) in [6.45, 7) is 6.17. The minimum atomic E-state index is -4.44. The number of fused-ring (bicyclic) bond motifs is 2. The quantitative estimate of drug-likeness (QED) is 0.101. The molecular weight excluding hydrogens is 705 g/mol. The van der Waals surface area contributed by atoms with E-state index in [-0.39, 0.29) is 71.6 Å². The predicted molar refractivity (Wildman–Crippen MR) is 195 cm³/mol. The van der Waals surface area contributed by atoms with E-state index in [9.17, 15) is 32.4 Å². The summed E-state index contributed by atoms with van der Waals surface area (Å²) in [6, 6.07) is 27.5. The topological polar surface area (TPSA) is 184 Å². The van der Waals surface area contributed by atoms with Gasteiger partial charge in [0.05, 0.1) is 6.07 Å². The van der Waals surface area contributed by atoms with Crippen LogP contribution in [-0.2, 0) is 25.7 Å². The number of aromatic hydroxyl groups is 2. The largest absolute Gasteiger partial charge is 0.501 e. The van der Waals surface area contributed by atoms with Gasteiger partial charge in [0.2, 0.25) is 22.3 Å². The van der Waals surface area contributed by atoms with Crippen LogP contribution >= 0.6 is 0 Å². The van der Waals surface area contributed by atoms with Crippen LogP contribution in [0.5, 0.6) is 23.0 Å². The lowest BCUT2D eigenvalue weighted by Crippen LogP contribution is -2.26. The second kappa shape index (κ2) is 13.5. The fraction of sp³-hybridized carbons (Fsp3) is 0.158. The minimum Gasteiger partial charge on any atom is -0.501 e. The molecule has 1 atom stereocenters. The van der Waals surface area contributed by atoms with E-state index in [1.165, 1.54) is 54.6 Å². The van der Waals surface area contributed by atoms with Crippen LogP contribution in [0.4, 0.5) is 11.4 Å². The molecule has 14 heteroatoms. The SMILES string of the molecule is CC(C)CC(C)(c1ccc(OS(=O)(=O)c2cccc3c(O)c([N+]#N)ccc23)cc1)c1ccc(OS(=O)(=O)c2cc([N+]#N)c(O)c3ccccc23)cc1. The van der Waals surface area contributed by atoms with Gasteiger partial charge in [0, 0.05) is 33.0 Å². The van der Waals surface area contributed by atoms with Crippen LogP contribution in [0.2, 0.25) is 0 Å². The Hall–Kier alpha value is -6.22. The molecule has 0 fully saturated rings. The lowest BCUT2D eigenvalue weighted by atomic mass is 9.71. The Kier molecular flexibility index (Phi) is 9.23. The van der Waals surface area contributed by atoms with Gasteiger partial charge in [0.15, 0.2) is 9.95 Å². The summed E-state index contributed by atoms with van der Waals surface area (Å²) in [5.74, 6) is -0.410. The molecule has 1 unspecified atom stereocenters. The molecule has 0 saturated heterocycles. The number of hydrogen-bond acceptors (Lipinski definition) is 10. The van der Waals surface area contributed by atoms with Crippen molar-refractivity contribution in [2.75, 3.05) is 0 Å². The van der Waals surface area contributed by atoms with E-state index in [4.69, 9.17) is 13.8 Å². The van der Waals surface area contributed by atoms with Crippen LogP contribution in [0.3, 0.4) is 0 Å². The Balaban J connectivity index is 1.27. The maximum absolute atomic E-state index is 13.5. The Morgan fingerprint density at radius 2 is 1.08 bits per heavy atom. The first kappa shape index (κ1) is 35.6. The molecule has 0 radical (unpaired) electrons. The van der Waals surface area contributed by atoms with Crippen molar-refractivity contribution in [1.29, 1.82) is 10.8 Å². The Morgan fingerprint density at radius 1 is 0.615 bits per heavy atom. The van der Waals surface area contributed by atoms with Gasteiger partial charge in [-0.15, -0.1) is 0 Å². The first-order chi connectivity index (χ1) is 24.7. The molecule has 0 aromatic heterocycles.